The van der Waals surface area contributed by atoms with Crippen LogP contribution in [0.2, 0.25) is 5.02 Å². The third-order valence-corrected chi connectivity index (χ3v) is 5.52. The van der Waals surface area contributed by atoms with E-state index in [4.69, 9.17) is 11.6 Å². The maximum absolute atomic E-state index is 13.7. The van der Waals surface area contributed by atoms with Crippen molar-refractivity contribution in [1.29, 1.82) is 0 Å². The predicted molar refractivity (Wildman–Crippen MR) is 92.5 cm³/mol. The van der Waals surface area contributed by atoms with Crippen molar-refractivity contribution in [3.05, 3.63) is 28.5 Å². The van der Waals surface area contributed by atoms with Crippen LogP contribution in [0.5, 0.6) is 0 Å². The number of hydrogen-bond acceptors (Lipinski definition) is 4. The minimum absolute atomic E-state index is 0.0428. The van der Waals surface area contributed by atoms with Gasteiger partial charge in [-0.3, -0.25) is 14.9 Å². The Bertz CT molecular complexity index is 802. The Morgan fingerprint density at radius 1 is 1.31 bits per heavy atom. The standard InChI is InChI=1S/C17H18ClFN4O3/c18-11-7-14-9(6-12(11)19)5-10-8-22(3-4-23(10)14)15(24)2-1-13-16(25)21-17(26)20-13/h6-7,10,13H,1-5,8H2,(H2,20,21,25,26). The Hall–Kier alpha value is -2.35. The second-order valence-electron chi connectivity index (χ2n) is 6.84. The predicted octanol–water partition coefficient (Wildman–Crippen LogP) is 1.04. The van der Waals surface area contributed by atoms with E-state index in [1.54, 1.807) is 11.0 Å². The van der Waals surface area contributed by atoms with Crippen LogP contribution in [0.4, 0.5) is 14.9 Å². The number of nitrogens with one attached hydrogen (secondary N) is 2. The third-order valence-electron chi connectivity index (χ3n) is 5.23. The highest BCUT2D eigenvalue weighted by atomic mass is 35.5. The van der Waals surface area contributed by atoms with Gasteiger partial charge in [0.1, 0.15) is 11.9 Å². The first kappa shape index (κ1) is 17.1. The summed E-state index contributed by atoms with van der Waals surface area (Å²) < 4.78 is 13.7. The Morgan fingerprint density at radius 2 is 2.12 bits per heavy atom. The summed E-state index contributed by atoms with van der Waals surface area (Å²) in [5.41, 5.74) is 1.86. The lowest BCUT2D eigenvalue weighted by Crippen LogP contribution is -2.53. The van der Waals surface area contributed by atoms with Crippen LogP contribution in [0.1, 0.15) is 18.4 Å². The van der Waals surface area contributed by atoms with Gasteiger partial charge in [-0.05, 0) is 30.5 Å². The van der Waals surface area contributed by atoms with Crippen LogP contribution in [0.15, 0.2) is 12.1 Å². The van der Waals surface area contributed by atoms with Crippen molar-refractivity contribution in [3.63, 3.8) is 0 Å². The van der Waals surface area contributed by atoms with Gasteiger partial charge in [-0.15, -0.1) is 0 Å². The SMILES string of the molecule is O=C1NC(=O)C(CCC(=O)N2CCN3c4cc(Cl)c(F)cc4CC3C2)N1. The molecule has 3 aliphatic rings. The van der Waals surface area contributed by atoms with E-state index in [9.17, 15) is 18.8 Å². The number of hydrogen-bond donors (Lipinski definition) is 2. The fourth-order valence-corrected chi connectivity index (χ4v) is 4.08. The molecule has 4 amide bonds. The molecule has 9 heteroatoms. The molecule has 0 aliphatic carbocycles. The smallest absolute Gasteiger partial charge is 0.322 e. The van der Waals surface area contributed by atoms with E-state index in [1.165, 1.54) is 6.07 Å². The summed E-state index contributed by atoms with van der Waals surface area (Å²) in [7, 11) is 0. The van der Waals surface area contributed by atoms with Gasteiger partial charge in [-0.1, -0.05) is 11.6 Å². The number of nitrogens with zero attached hydrogens (tertiary/aromatic N) is 2. The molecule has 1 aromatic carbocycles. The van der Waals surface area contributed by atoms with Crippen LogP contribution in [-0.2, 0) is 16.0 Å². The van der Waals surface area contributed by atoms with Gasteiger partial charge in [-0.2, -0.15) is 0 Å². The number of rotatable bonds is 3. The largest absolute Gasteiger partial charge is 0.364 e. The molecule has 2 atom stereocenters. The lowest BCUT2D eigenvalue weighted by molar-refractivity contribution is -0.132. The first-order valence-electron chi connectivity index (χ1n) is 8.56. The molecular formula is C17H18ClFN4O3. The summed E-state index contributed by atoms with van der Waals surface area (Å²) in [5, 5.41) is 4.76. The number of piperazine rings is 1. The van der Waals surface area contributed by atoms with Crippen LogP contribution in [0, 0.1) is 5.82 Å². The highest BCUT2D eigenvalue weighted by molar-refractivity contribution is 6.31. The van der Waals surface area contributed by atoms with E-state index in [0.29, 0.717) is 26.1 Å². The third kappa shape index (κ3) is 2.98. The molecule has 4 rings (SSSR count). The first-order chi connectivity index (χ1) is 12.4. The summed E-state index contributed by atoms with van der Waals surface area (Å²) in [6, 6.07) is 2.08. The van der Waals surface area contributed by atoms with Crippen LogP contribution < -0.4 is 15.5 Å². The number of anilines is 1. The van der Waals surface area contributed by atoms with Crippen molar-refractivity contribution in [2.24, 2.45) is 0 Å². The Labute approximate surface area is 154 Å². The Morgan fingerprint density at radius 3 is 2.85 bits per heavy atom. The van der Waals surface area contributed by atoms with E-state index in [2.05, 4.69) is 15.5 Å². The minimum Gasteiger partial charge on any atom is -0.364 e. The second kappa shape index (κ2) is 6.42. The van der Waals surface area contributed by atoms with Gasteiger partial charge >= 0.3 is 6.03 Å². The quantitative estimate of drug-likeness (QED) is 0.768. The molecule has 1 aromatic rings. The zero-order valence-corrected chi connectivity index (χ0v) is 14.7. The van der Waals surface area contributed by atoms with Crippen molar-refractivity contribution in [2.75, 3.05) is 24.5 Å². The fourth-order valence-electron chi connectivity index (χ4n) is 3.92. The van der Waals surface area contributed by atoms with Crippen molar-refractivity contribution in [2.45, 2.75) is 31.3 Å². The molecule has 2 unspecified atom stereocenters. The highest BCUT2D eigenvalue weighted by Gasteiger charge is 2.37. The molecule has 2 N–H and O–H groups in total. The van der Waals surface area contributed by atoms with Gasteiger partial charge < -0.3 is 15.1 Å². The number of fused-ring (bicyclic) bond motifs is 3. The Kier molecular flexibility index (Phi) is 4.22. The molecule has 0 radical (unpaired) electrons. The van der Waals surface area contributed by atoms with Crippen LogP contribution in [0.25, 0.3) is 0 Å². The van der Waals surface area contributed by atoms with Crippen LogP contribution >= 0.6 is 11.6 Å². The number of amides is 4. The molecule has 0 bridgehead atoms. The number of benzene rings is 1. The van der Waals surface area contributed by atoms with Crippen LogP contribution in [-0.4, -0.2) is 54.5 Å². The van der Waals surface area contributed by atoms with Gasteiger partial charge in [0, 0.05) is 31.7 Å². The summed E-state index contributed by atoms with van der Waals surface area (Å²) in [4.78, 5) is 39.1. The lowest BCUT2D eigenvalue weighted by atomic mass is 10.1. The van der Waals surface area contributed by atoms with Gasteiger partial charge in [0.05, 0.1) is 11.1 Å². The fraction of sp³-hybridized carbons (Fsp3) is 0.471. The number of halogens is 2. The van der Waals surface area contributed by atoms with Crippen molar-refractivity contribution in [1.82, 2.24) is 15.5 Å². The van der Waals surface area contributed by atoms with Gasteiger partial charge in [0.15, 0.2) is 0 Å². The molecule has 0 saturated carbocycles. The zero-order chi connectivity index (χ0) is 18.4. The molecule has 7 nitrogen and oxygen atoms in total. The Balaban J connectivity index is 1.36. The average Bonchev–Trinajstić information content (AvgIpc) is 3.11. The van der Waals surface area contributed by atoms with Crippen molar-refractivity contribution >= 4 is 35.1 Å². The van der Waals surface area contributed by atoms with Crippen molar-refractivity contribution in [3.8, 4) is 0 Å². The molecular weight excluding hydrogens is 363 g/mol. The molecule has 2 fully saturated rings. The highest BCUT2D eigenvalue weighted by Crippen LogP contribution is 2.37. The lowest BCUT2D eigenvalue weighted by Gasteiger charge is -2.39. The molecule has 0 spiro atoms. The number of carbonyl (C=O) groups excluding carboxylic acids is 3. The van der Waals surface area contributed by atoms with E-state index >= 15 is 0 Å². The summed E-state index contributed by atoms with van der Waals surface area (Å²) in [5.74, 6) is -0.855. The molecule has 3 aliphatic heterocycles. The monoisotopic (exact) mass is 380 g/mol. The minimum atomic E-state index is -0.645. The normalized spacial score (nSPS) is 24.2. The van der Waals surface area contributed by atoms with E-state index in [0.717, 1.165) is 11.3 Å². The zero-order valence-electron chi connectivity index (χ0n) is 13.9. The number of imide groups is 1. The van der Waals surface area contributed by atoms with Gasteiger partial charge in [-0.25, -0.2) is 9.18 Å². The van der Waals surface area contributed by atoms with E-state index < -0.39 is 23.8 Å². The molecule has 3 heterocycles. The maximum atomic E-state index is 13.7. The molecule has 2 saturated heterocycles. The summed E-state index contributed by atoms with van der Waals surface area (Å²) in [6.07, 6.45) is 1.15. The second-order valence-corrected chi connectivity index (χ2v) is 7.25. The van der Waals surface area contributed by atoms with Crippen LogP contribution in [0.3, 0.4) is 0 Å². The molecule has 138 valence electrons. The van der Waals surface area contributed by atoms with Gasteiger partial charge in [0.2, 0.25) is 5.91 Å². The summed E-state index contributed by atoms with van der Waals surface area (Å²) >= 11 is 5.90. The maximum Gasteiger partial charge on any atom is 0.322 e. The topological polar surface area (TPSA) is 81.8 Å². The van der Waals surface area contributed by atoms with Crippen molar-refractivity contribution < 1.29 is 18.8 Å². The first-order valence-corrected chi connectivity index (χ1v) is 8.94. The summed E-state index contributed by atoms with van der Waals surface area (Å²) in [6.45, 7) is 1.77. The number of urea groups is 1. The molecule has 26 heavy (non-hydrogen) atoms. The van der Waals surface area contributed by atoms with E-state index in [-0.39, 0.29) is 29.8 Å². The van der Waals surface area contributed by atoms with Gasteiger partial charge in [0.25, 0.3) is 5.91 Å². The molecule has 0 aromatic heterocycles. The average molecular weight is 381 g/mol. The number of carbonyl (C=O) groups is 3. The van der Waals surface area contributed by atoms with E-state index in [1.807, 2.05) is 0 Å².